The van der Waals surface area contributed by atoms with Gasteiger partial charge in [0.15, 0.2) is 12.4 Å². The van der Waals surface area contributed by atoms with Crippen molar-refractivity contribution in [3.63, 3.8) is 0 Å². The van der Waals surface area contributed by atoms with Gasteiger partial charge in [0.1, 0.15) is 11.6 Å². The third kappa shape index (κ3) is 9.96. The van der Waals surface area contributed by atoms with Gasteiger partial charge in [0, 0.05) is 104 Å². The van der Waals surface area contributed by atoms with Crippen LogP contribution in [-0.4, -0.2) is 87.7 Å². The van der Waals surface area contributed by atoms with Crippen LogP contribution in [0, 0.1) is 12.8 Å². The summed E-state index contributed by atoms with van der Waals surface area (Å²) in [7, 11) is 4.67. The smallest absolute Gasteiger partial charge is 0.293 e. The third-order valence-corrected chi connectivity index (χ3v) is 15.0. The summed E-state index contributed by atoms with van der Waals surface area (Å²) < 4.78 is 15.0. The van der Waals surface area contributed by atoms with Crippen LogP contribution in [0.15, 0.2) is 82.4 Å². The number of anilines is 1. The summed E-state index contributed by atoms with van der Waals surface area (Å²) >= 11 is 13.0. The molecule has 3 amide bonds. The number of amides is 3. The number of imidazole rings is 1. The number of carbonyl (C=O) groups is 3. The number of ether oxygens (including phenoxy) is 2. The van der Waals surface area contributed by atoms with Crippen molar-refractivity contribution in [2.75, 3.05) is 38.8 Å². The molecule has 5 heterocycles. The van der Waals surface area contributed by atoms with Gasteiger partial charge in [-0.05, 0) is 112 Å². The van der Waals surface area contributed by atoms with E-state index in [0.29, 0.717) is 77.1 Å². The monoisotopic (exact) mass is 987 g/mol. The zero-order valence-corrected chi connectivity index (χ0v) is 42.0. The van der Waals surface area contributed by atoms with Crippen molar-refractivity contribution in [2.24, 2.45) is 13.0 Å². The number of hydrogen-bond donors (Lipinski definition) is 3. The topological polar surface area (TPSA) is 175 Å². The summed E-state index contributed by atoms with van der Waals surface area (Å²) in [6.45, 7) is 7.34. The van der Waals surface area contributed by atoms with E-state index in [-0.39, 0.29) is 54.0 Å². The van der Waals surface area contributed by atoms with E-state index in [4.69, 9.17) is 42.6 Å². The van der Waals surface area contributed by atoms with Gasteiger partial charge in [-0.15, -0.1) is 0 Å². The van der Waals surface area contributed by atoms with Crippen molar-refractivity contribution in [1.82, 2.24) is 40.0 Å². The minimum atomic E-state index is -0.393. The van der Waals surface area contributed by atoms with Gasteiger partial charge < -0.3 is 39.5 Å². The maximum Gasteiger partial charge on any atom is 0.293 e. The summed E-state index contributed by atoms with van der Waals surface area (Å²) in [6, 6.07) is 13.4. The second-order valence-electron chi connectivity index (χ2n) is 19.0. The average Bonchev–Trinajstić information content (AvgIpc) is 3.84. The molecule has 2 fully saturated rings. The highest BCUT2D eigenvalue weighted by Crippen LogP contribution is 2.47. The highest BCUT2D eigenvalue weighted by atomic mass is 35.5. The highest BCUT2D eigenvalue weighted by Gasteiger charge is 2.34. The molecule has 2 aliphatic heterocycles. The van der Waals surface area contributed by atoms with Crippen LogP contribution < -0.4 is 35.9 Å². The lowest BCUT2D eigenvalue weighted by atomic mass is 9.88. The molecule has 1 unspecified atom stereocenters. The number of rotatable bonds is 13. The van der Waals surface area contributed by atoms with Crippen molar-refractivity contribution in [1.29, 1.82) is 0 Å². The van der Waals surface area contributed by atoms with Crippen LogP contribution in [-0.2, 0) is 27.9 Å². The Labute approximate surface area is 417 Å². The Balaban J connectivity index is 0.783. The summed E-state index contributed by atoms with van der Waals surface area (Å²) in [4.78, 5) is 68.7. The quantitative estimate of drug-likeness (QED) is 0.105. The van der Waals surface area contributed by atoms with Gasteiger partial charge in [0.25, 0.3) is 11.5 Å². The lowest BCUT2D eigenvalue weighted by molar-refractivity contribution is -0.127. The van der Waals surface area contributed by atoms with Gasteiger partial charge in [-0.25, -0.2) is 15.0 Å². The lowest BCUT2D eigenvalue weighted by Gasteiger charge is -2.34. The van der Waals surface area contributed by atoms with Crippen molar-refractivity contribution < 1.29 is 23.9 Å². The molecular weight excluding hydrogens is 930 g/mol. The van der Waals surface area contributed by atoms with Crippen LogP contribution in [0.1, 0.15) is 99.5 Å². The van der Waals surface area contributed by atoms with E-state index in [1.165, 1.54) is 34.0 Å². The number of carbonyl (C=O) groups excluding carboxylic acids is 3. The highest BCUT2D eigenvalue weighted by molar-refractivity contribution is 6.31. The van der Waals surface area contributed by atoms with E-state index in [1.54, 1.807) is 26.4 Å². The molecule has 3 aromatic heterocycles. The SMILES string of the molecule is CNC(=O)COc1cc2cc(Cc3nc(N4CCC(C(=O)NC5CCC(NC(=O)CC6C=C(c7ccc(Cl)cc7)C7=C(CC(C)=C7C)n7c6cnc7C)CC5)CC4)ncc3Cl)cc(OC)c2n(C)c1=O. The molecule has 2 aliphatic carbocycles. The summed E-state index contributed by atoms with van der Waals surface area (Å²) in [5.74, 6) is 1.40. The molecule has 70 heavy (non-hydrogen) atoms. The zero-order chi connectivity index (χ0) is 49.4. The maximum atomic E-state index is 13.9. The number of methoxy groups -OCH3 is 1. The van der Waals surface area contributed by atoms with Crippen molar-refractivity contribution >= 4 is 69.0 Å². The molecule has 366 valence electrons. The Kier molecular flexibility index (Phi) is 14.2. The van der Waals surface area contributed by atoms with E-state index >= 15 is 0 Å². The van der Waals surface area contributed by atoms with Gasteiger partial charge in [-0.2, -0.15) is 0 Å². The largest absolute Gasteiger partial charge is 0.495 e. The first-order valence-electron chi connectivity index (χ1n) is 24.0. The number of piperidine rings is 1. The van der Waals surface area contributed by atoms with Crippen LogP contribution >= 0.6 is 23.2 Å². The predicted molar refractivity (Wildman–Crippen MR) is 272 cm³/mol. The first-order valence-corrected chi connectivity index (χ1v) is 24.8. The number of nitrogens with zero attached hydrogens (tertiary/aromatic N) is 6. The summed E-state index contributed by atoms with van der Waals surface area (Å²) in [5.41, 5.74) is 9.86. The Morgan fingerprint density at radius 2 is 1.59 bits per heavy atom. The Morgan fingerprint density at radius 1 is 0.871 bits per heavy atom. The summed E-state index contributed by atoms with van der Waals surface area (Å²) in [5, 5.41) is 11.0. The average molecular weight is 989 g/mol. The molecule has 17 heteroatoms. The normalized spacial score (nSPS) is 19.3. The number of benzene rings is 2. The first-order chi connectivity index (χ1) is 33.7. The van der Waals surface area contributed by atoms with E-state index in [2.05, 4.69) is 62.5 Å². The number of aromatic nitrogens is 5. The number of fused-ring (bicyclic) bond motifs is 3. The molecule has 0 radical (unpaired) electrons. The number of likely N-dealkylation sites (N-methyl/N-ethyl adjacent to an activating group) is 1. The number of halogens is 2. The molecule has 1 atom stereocenters. The van der Waals surface area contributed by atoms with Gasteiger partial charge in [-0.3, -0.25) is 19.2 Å². The lowest BCUT2D eigenvalue weighted by Crippen LogP contribution is -2.47. The van der Waals surface area contributed by atoms with Crippen LogP contribution in [0.3, 0.4) is 0 Å². The second kappa shape index (κ2) is 20.5. The van der Waals surface area contributed by atoms with Crippen LogP contribution in [0.2, 0.25) is 10.0 Å². The molecule has 0 bridgehead atoms. The fourth-order valence-corrected chi connectivity index (χ4v) is 10.8. The number of aryl methyl sites for hydroxylation is 2. The van der Waals surface area contributed by atoms with Crippen LogP contribution in [0.25, 0.3) is 22.2 Å². The fourth-order valence-electron chi connectivity index (χ4n) is 10.5. The fraction of sp³-hybridized carbons (Fsp3) is 0.415. The van der Waals surface area contributed by atoms with Gasteiger partial charge in [-0.1, -0.05) is 47.0 Å². The first kappa shape index (κ1) is 48.6. The standard InChI is InChI=1S/C53H59Cl2N9O6/c1-29-19-43-49(30(29)2)40(33-7-9-37(54)10-8-33)23-35(44-27-57-31(3)64(43)44)25-47(65)59-38-11-13-39(14-12-38)60-51(67)34-15-17-63(18-16-34)53-58-26-41(55)42(61-53)21-32-20-36-24-46(70-28-48(66)56-4)52(68)62(5)50(36)45(22-32)69-6/h7-10,20,22-24,26-27,34-35,38-39H,11-19,21,25,28H2,1-6H3,(H,56,66)(H,59,65)(H,60,67). The molecule has 5 aromatic rings. The Hall–Kier alpha value is -6.45. The summed E-state index contributed by atoms with van der Waals surface area (Å²) in [6.07, 6.45) is 11.7. The van der Waals surface area contributed by atoms with Gasteiger partial charge >= 0.3 is 0 Å². The van der Waals surface area contributed by atoms with Gasteiger partial charge in [0.2, 0.25) is 17.8 Å². The molecule has 1 saturated heterocycles. The van der Waals surface area contributed by atoms with E-state index in [0.717, 1.165) is 60.3 Å². The molecule has 9 rings (SSSR count). The number of pyridine rings is 1. The minimum absolute atomic E-state index is 0.00699. The number of allylic oxidation sites excluding steroid dienone is 6. The molecule has 0 spiro atoms. The zero-order valence-electron chi connectivity index (χ0n) is 40.5. The maximum absolute atomic E-state index is 13.9. The molecule has 1 saturated carbocycles. The number of nitrogens with one attached hydrogen (secondary N) is 3. The Bertz CT molecular complexity index is 3030. The van der Waals surface area contributed by atoms with Crippen molar-refractivity contribution in [3.8, 4) is 11.5 Å². The van der Waals surface area contributed by atoms with Gasteiger partial charge in [0.05, 0.1) is 29.5 Å². The van der Waals surface area contributed by atoms with Crippen LogP contribution in [0.5, 0.6) is 11.5 Å². The molecule has 15 nitrogen and oxygen atoms in total. The molecule has 4 aliphatic rings. The minimum Gasteiger partial charge on any atom is -0.495 e. The molecule has 3 N–H and O–H groups in total. The Morgan fingerprint density at radius 3 is 2.29 bits per heavy atom. The van der Waals surface area contributed by atoms with E-state index < -0.39 is 5.56 Å². The predicted octanol–water partition coefficient (Wildman–Crippen LogP) is 7.85. The van der Waals surface area contributed by atoms with E-state index in [1.807, 2.05) is 37.4 Å². The third-order valence-electron chi connectivity index (χ3n) is 14.5. The van der Waals surface area contributed by atoms with Crippen LogP contribution in [0.4, 0.5) is 5.95 Å². The van der Waals surface area contributed by atoms with Crippen molar-refractivity contribution in [2.45, 2.75) is 96.6 Å². The van der Waals surface area contributed by atoms with E-state index in [9.17, 15) is 19.2 Å². The molecular formula is C53H59Cl2N9O6. The molecule has 2 aromatic carbocycles. The number of hydrogen-bond acceptors (Lipinski definition) is 10. The van der Waals surface area contributed by atoms with Crippen molar-refractivity contribution in [3.05, 3.63) is 126 Å². The second-order valence-corrected chi connectivity index (χ2v) is 19.8.